The molecule has 1 aliphatic heterocycles. The van der Waals surface area contributed by atoms with Gasteiger partial charge in [-0.1, -0.05) is 19.1 Å². The van der Waals surface area contributed by atoms with Crippen molar-refractivity contribution in [3.8, 4) is 10.4 Å². The zero-order valence-corrected chi connectivity index (χ0v) is 20.7. The van der Waals surface area contributed by atoms with Gasteiger partial charge in [0.1, 0.15) is 11.5 Å². The molecule has 1 fully saturated rings. The number of amides is 1. The number of likely N-dealkylation sites (tertiary alicyclic amines) is 1. The first kappa shape index (κ1) is 24.5. The Labute approximate surface area is 210 Å². The first-order valence-electron chi connectivity index (χ1n) is 11.8. The van der Waals surface area contributed by atoms with Crippen LogP contribution in [0.5, 0.6) is 0 Å². The Balaban J connectivity index is 1.46. The molecule has 1 amide bonds. The van der Waals surface area contributed by atoms with Crippen molar-refractivity contribution in [3.05, 3.63) is 76.8 Å². The van der Waals surface area contributed by atoms with Crippen LogP contribution in [0, 0.1) is 18.7 Å². The Morgan fingerprint density at radius 1 is 1.14 bits per heavy atom. The van der Waals surface area contributed by atoms with Crippen molar-refractivity contribution in [1.29, 1.82) is 0 Å². The largest absolute Gasteiger partial charge is 0.416 e. The van der Waals surface area contributed by atoms with E-state index in [1.54, 1.807) is 24.4 Å². The van der Waals surface area contributed by atoms with Gasteiger partial charge in [-0.3, -0.25) is 4.79 Å². The van der Waals surface area contributed by atoms with Gasteiger partial charge in [-0.05, 0) is 67.6 Å². The molecule has 0 aliphatic carbocycles. The Morgan fingerprint density at radius 2 is 1.89 bits per heavy atom. The molecule has 5 rings (SSSR count). The van der Waals surface area contributed by atoms with E-state index in [0.717, 1.165) is 35.5 Å². The maximum atomic E-state index is 13.8. The van der Waals surface area contributed by atoms with Gasteiger partial charge in [0.05, 0.1) is 21.5 Å². The van der Waals surface area contributed by atoms with Gasteiger partial charge in [0, 0.05) is 30.2 Å². The second kappa shape index (κ2) is 9.35. The lowest BCUT2D eigenvalue weighted by Gasteiger charge is -2.40. The van der Waals surface area contributed by atoms with Gasteiger partial charge in [0.15, 0.2) is 0 Å². The molecule has 1 aliphatic rings. The maximum absolute atomic E-state index is 13.8. The zero-order valence-electron chi connectivity index (χ0n) is 19.8. The summed E-state index contributed by atoms with van der Waals surface area (Å²) in [6.45, 7) is 4.98. The second-order valence-corrected chi connectivity index (χ2v) is 10.5. The summed E-state index contributed by atoms with van der Waals surface area (Å²) in [6.07, 6.45) is -0.802. The molecule has 4 nitrogen and oxygen atoms in total. The Morgan fingerprint density at radius 3 is 2.61 bits per heavy atom. The van der Waals surface area contributed by atoms with E-state index in [2.05, 4.69) is 11.9 Å². The summed E-state index contributed by atoms with van der Waals surface area (Å²) in [5, 5.41) is 1.26. The van der Waals surface area contributed by atoms with Crippen LogP contribution in [0.3, 0.4) is 0 Å². The van der Waals surface area contributed by atoms with E-state index < -0.39 is 11.7 Å². The molecule has 0 radical (unpaired) electrons. The third kappa shape index (κ3) is 4.64. The van der Waals surface area contributed by atoms with E-state index in [9.17, 15) is 22.4 Å². The molecule has 2 atom stereocenters. The van der Waals surface area contributed by atoms with Crippen LogP contribution >= 0.6 is 11.3 Å². The number of aromatic nitrogens is 2. The lowest BCUT2D eigenvalue weighted by atomic mass is 9.90. The Hall–Kier alpha value is -3.20. The summed E-state index contributed by atoms with van der Waals surface area (Å²) >= 11 is 1.40. The van der Waals surface area contributed by atoms with E-state index in [1.807, 2.05) is 16.4 Å². The van der Waals surface area contributed by atoms with Crippen molar-refractivity contribution in [1.82, 2.24) is 14.5 Å². The number of thiazole rings is 1. The van der Waals surface area contributed by atoms with E-state index in [1.165, 1.54) is 29.5 Å². The third-order valence-electron chi connectivity index (χ3n) is 6.90. The van der Waals surface area contributed by atoms with Crippen molar-refractivity contribution < 1.29 is 22.4 Å². The SMILES string of the molecule is Cc1nc(C(=O)N2CCC[C@@H](C)[C@H]2Cn2ccc3cc(C(F)(F)F)ccc32)c(-c2ccc(F)cc2)s1. The molecule has 9 heteroatoms. The highest BCUT2D eigenvalue weighted by Crippen LogP contribution is 2.35. The first-order chi connectivity index (χ1) is 17.1. The van der Waals surface area contributed by atoms with Crippen LogP contribution in [0.1, 0.15) is 40.8 Å². The fraction of sp³-hybridized carbons (Fsp3) is 0.333. The molecule has 3 heterocycles. The van der Waals surface area contributed by atoms with Gasteiger partial charge >= 0.3 is 6.18 Å². The highest BCUT2D eigenvalue weighted by Gasteiger charge is 2.35. The number of alkyl halides is 3. The lowest BCUT2D eigenvalue weighted by molar-refractivity contribution is -0.137. The molecule has 0 spiro atoms. The molecule has 4 aromatic rings. The minimum absolute atomic E-state index is 0.146. The van der Waals surface area contributed by atoms with E-state index in [4.69, 9.17) is 0 Å². The normalized spacial score (nSPS) is 18.7. The third-order valence-corrected chi connectivity index (χ3v) is 7.92. The molecule has 0 N–H and O–H groups in total. The van der Waals surface area contributed by atoms with Gasteiger partial charge in [0.2, 0.25) is 0 Å². The number of carbonyl (C=O) groups excluding carboxylic acids is 1. The van der Waals surface area contributed by atoms with E-state index in [-0.39, 0.29) is 23.7 Å². The summed E-state index contributed by atoms with van der Waals surface area (Å²) < 4.78 is 54.9. The summed E-state index contributed by atoms with van der Waals surface area (Å²) in [7, 11) is 0. The molecular formula is C27H25F4N3OS. The molecule has 1 saturated heterocycles. The average Bonchev–Trinajstić information content (AvgIpc) is 3.43. The van der Waals surface area contributed by atoms with Crippen molar-refractivity contribution in [2.45, 2.75) is 45.5 Å². The van der Waals surface area contributed by atoms with Crippen LogP contribution in [0.15, 0.2) is 54.7 Å². The van der Waals surface area contributed by atoms with Crippen LogP contribution in [0.4, 0.5) is 17.6 Å². The monoisotopic (exact) mass is 515 g/mol. The van der Waals surface area contributed by atoms with Crippen LogP contribution < -0.4 is 0 Å². The van der Waals surface area contributed by atoms with Crippen LogP contribution in [-0.4, -0.2) is 32.9 Å². The van der Waals surface area contributed by atoms with Gasteiger partial charge in [-0.25, -0.2) is 9.37 Å². The number of halogens is 4. The average molecular weight is 516 g/mol. The van der Waals surface area contributed by atoms with Crippen molar-refractivity contribution in [2.75, 3.05) is 6.54 Å². The smallest absolute Gasteiger partial charge is 0.345 e. The van der Waals surface area contributed by atoms with Gasteiger partial charge in [-0.2, -0.15) is 13.2 Å². The second-order valence-electron chi connectivity index (χ2n) is 9.34. The van der Waals surface area contributed by atoms with Crippen LogP contribution in [0.2, 0.25) is 0 Å². The molecule has 36 heavy (non-hydrogen) atoms. The van der Waals surface area contributed by atoms with Crippen molar-refractivity contribution >= 4 is 28.1 Å². The molecular weight excluding hydrogens is 490 g/mol. The topological polar surface area (TPSA) is 38.1 Å². The summed E-state index contributed by atoms with van der Waals surface area (Å²) in [6, 6.07) is 11.3. The van der Waals surface area contributed by atoms with Gasteiger partial charge in [0.25, 0.3) is 5.91 Å². The predicted molar refractivity (Wildman–Crippen MR) is 132 cm³/mol. The number of hydrogen-bond acceptors (Lipinski definition) is 3. The number of aryl methyl sites for hydroxylation is 1. The minimum atomic E-state index is -4.40. The molecule has 2 aromatic heterocycles. The molecule has 0 unspecified atom stereocenters. The quantitative estimate of drug-likeness (QED) is 0.270. The minimum Gasteiger partial charge on any atom is -0.345 e. The molecule has 0 saturated carbocycles. The lowest BCUT2D eigenvalue weighted by Crippen LogP contribution is -2.49. The summed E-state index contributed by atoms with van der Waals surface area (Å²) in [5.74, 6) is -0.325. The first-order valence-corrected chi connectivity index (χ1v) is 12.6. The van der Waals surface area contributed by atoms with Gasteiger partial charge in [-0.15, -0.1) is 11.3 Å². The maximum Gasteiger partial charge on any atom is 0.416 e. The van der Waals surface area contributed by atoms with E-state index >= 15 is 0 Å². The number of hydrogen-bond donors (Lipinski definition) is 0. The van der Waals surface area contributed by atoms with Crippen molar-refractivity contribution in [3.63, 3.8) is 0 Å². The van der Waals surface area contributed by atoms with Crippen molar-refractivity contribution in [2.24, 2.45) is 5.92 Å². The molecule has 188 valence electrons. The standard InChI is InChI=1S/C27H25F4N3OS/c1-16-4-3-12-34(26(35)24-25(36-17(2)32-24)18-5-8-21(28)9-6-18)23(16)15-33-13-11-19-14-20(27(29,30)31)7-10-22(19)33/h5-11,13-14,16,23H,3-4,12,15H2,1-2H3/t16-,23-/m1/s1. The number of piperidine rings is 1. The Kier molecular flexibility index (Phi) is 6.36. The number of carbonyl (C=O) groups is 1. The molecule has 2 aromatic carbocycles. The zero-order chi connectivity index (χ0) is 25.6. The van der Waals surface area contributed by atoms with Crippen LogP contribution in [0.25, 0.3) is 21.3 Å². The van der Waals surface area contributed by atoms with Gasteiger partial charge < -0.3 is 9.47 Å². The predicted octanol–water partition coefficient (Wildman–Crippen LogP) is 7.17. The Bertz CT molecular complexity index is 1410. The van der Waals surface area contributed by atoms with Crippen LogP contribution in [-0.2, 0) is 12.7 Å². The summed E-state index contributed by atoms with van der Waals surface area (Å²) in [5.41, 5.74) is 1.12. The number of fused-ring (bicyclic) bond motifs is 1. The highest BCUT2D eigenvalue weighted by molar-refractivity contribution is 7.15. The fourth-order valence-corrected chi connectivity index (χ4v) is 5.94. The molecule has 0 bridgehead atoms. The number of benzene rings is 2. The number of rotatable bonds is 4. The summed E-state index contributed by atoms with van der Waals surface area (Å²) in [4.78, 5) is 20.9. The number of nitrogens with zero attached hydrogens (tertiary/aromatic N) is 3. The highest BCUT2D eigenvalue weighted by atomic mass is 32.1. The fourth-order valence-electron chi connectivity index (χ4n) is 5.02. The van der Waals surface area contributed by atoms with E-state index in [0.29, 0.717) is 34.6 Å².